The zero-order valence-corrected chi connectivity index (χ0v) is 11.1. The number of rotatable bonds is 6. The van der Waals surface area contributed by atoms with Crippen molar-refractivity contribution in [1.29, 1.82) is 0 Å². The van der Waals surface area contributed by atoms with Gasteiger partial charge in [-0.15, -0.1) is 0 Å². The first-order valence-electron chi connectivity index (χ1n) is 5.77. The van der Waals surface area contributed by atoms with Gasteiger partial charge < -0.3 is 0 Å². The van der Waals surface area contributed by atoms with Gasteiger partial charge in [-0.05, 0) is 25.8 Å². The second-order valence-electron chi connectivity index (χ2n) is 4.22. The highest BCUT2D eigenvalue weighted by molar-refractivity contribution is 7.98. The average molecular weight is 236 g/mol. The molecule has 0 aliphatic rings. The number of carbonyl (C=O) groups is 1. The molecule has 0 N–H and O–H groups in total. The minimum Gasteiger partial charge on any atom is -0.300 e. The van der Waals surface area contributed by atoms with Gasteiger partial charge in [0, 0.05) is 17.4 Å². The standard InChI is InChI=1S/C14H20OS/c1-4-14(12(3)15)10-16-9-13-7-5-11(2)6-8-13/h5-8,14H,4,9-10H2,1-3H3. The van der Waals surface area contributed by atoms with Crippen molar-refractivity contribution >= 4 is 17.5 Å². The number of Topliss-reactive ketones (excluding diaryl/α,β-unsaturated/α-hetero) is 1. The third kappa shape index (κ3) is 4.40. The quantitative estimate of drug-likeness (QED) is 0.746. The van der Waals surface area contributed by atoms with E-state index in [1.54, 1.807) is 6.92 Å². The molecule has 2 heteroatoms. The van der Waals surface area contributed by atoms with E-state index in [0.29, 0.717) is 5.78 Å². The molecule has 0 saturated heterocycles. The van der Waals surface area contributed by atoms with E-state index in [1.807, 2.05) is 11.8 Å². The molecule has 1 atom stereocenters. The van der Waals surface area contributed by atoms with Gasteiger partial charge in [0.1, 0.15) is 5.78 Å². The number of ketones is 1. The Morgan fingerprint density at radius 3 is 2.44 bits per heavy atom. The Balaban J connectivity index is 2.35. The Labute approximate surface area is 103 Å². The maximum Gasteiger partial charge on any atom is 0.133 e. The highest BCUT2D eigenvalue weighted by Crippen LogP contribution is 2.18. The van der Waals surface area contributed by atoms with Crippen LogP contribution in [0.5, 0.6) is 0 Å². The molecular weight excluding hydrogens is 216 g/mol. The molecule has 0 amide bonds. The molecule has 0 aromatic heterocycles. The van der Waals surface area contributed by atoms with Crippen LogP contribution in [0.1, 0.15) is 31.4 Å². The molecule has 0 radical (unpaired) electrons. The summed E-state index contributed by atoms with van der Waals surface area (Å²) >= 11 is 1.85. The van der Waals surface area contributed by atoms with Crippen LogP contribution in [0.2, 0.25) is 0 Å². The highest BCUT2D eigenvalue weighted by atomic mass is 32.2. The van der Waals surface area contributed by atoms with Crippen LogP contribution in [0, 0.1) is 12.8 Å². The topological polar surface area (TPSA) is 17.1 Å². The molecule has 0 aliphatic carbocycles. The van der Waals surface area contributed by atoms with Crippen LogP contribution in [0.3, 0.4) is 0 Å². The molecule has 0 heterocycles. The van der Waals surface area contributed by atoms with E-state index in [-0.39, 0.29) is 5.92 Å². The lowest BCUT2D eigenvalue weighted by atomic mass is 10.1. The molecule has 1 aromatic carbocycles. The number of aryl methyl sites for hydroxylation is 1. The lowest BCUT2D eigenvalue weighted by molar-refractivity contribution is -0.120. The van der Waals surface area contributed by atoms with Gasteiger partial charge in [0.25, 0.3) is 0 Å². The van der Waals surface area contributed by atoms with Gasteiger partial charge in [-0.25, -0.2) is 0 Å². The molecule has 88 valence electrons. The summed E-state index contributed by atoms with van der Waals surface area (Å²) in [7, 11) is 0. The summed E-state index contributed by atoms with van der Waals surface area (Å²) in [4.78, 5) is 11.2. The second kappa shape index (κ2) is 6.74. The summed E-state index contributed by atoms with van der Waals surface area (Å²) in [6.07, 6.45) is 0.955. The lowest BCUT2D eigenvalue weighted by Crippen LogP contribution is -2.12. The summed E-state index contributed by atoms with van der Waals surface area (Å²) in [5.74, 6) is 2.50. The van der Waals surface area contributed by atoms with E-state index in [9.17, 15) is 4.79 Å². The van der Waals surface area contributed by atoms with E-state index < -0.39 is 0 Å². The maximum absolute atomic E-state index is 11.2. The van der Waals surface area contributed by atoms with E-state index in [2.05, 4.69) is 38.1 Å². The van der Waals surface area contributed by atoms with E-state index >= 15 is 0 Å². The monoisotopic (exact) mass is 236 g/mol. The fraction of sp³-hybridized carbons (Fsp3) is 0.500. The Morgan fingerprint density at radius 1 is 1.31 bits per heavy atom. The Bertz CT molecular complexity index is 329. The molecule has 0 aliphatic heterocycles. The summed E-state index contributed by atoms with van der Waals surface area (Å²) < 4.78 is 0. The summed E-state index contributed by atoms with van der Waals surface area (Å²) in [5, 5.41) is 0. The van der Waals surface area contributed by atoms with Crippen LogP contribution in [-0.2, 0) is 10.5 Å². The van der Waals surface area contributed by atoms with Gasteiger partial charge in [0.05, 0.1) is 0 Å². The van der Waals surface area contributed by atoms with Gasteiger partial charge in [-0.1, -0.05) is 36.8 Å². The SMILES string of the molecule is CCC(CSCc1ccc(C)cc1)C(C)=O. The maximum atomic E-state index is 11.2. The molecule has 0 fully saturated rings. The fourth-order valence-corrected chi connectivity index (χ4v) is 2.83. The smallest absolute Gasteiger partial charge is 0.133 e. The third-order valence-corrected chi connectivity index (χ3v) is 3.95. The minimum absolute atomic E-state index is 0.232. The van der Waals surface area contributed by atoms with Crippen molar-refractivity contribution in [2.45, 2.75) is 32.9 Å². The van der Waals surface area contributed by atoms with Crippen molar-refractivity contribution in [3.05, 3.63) is 35.4 Å². The van der Waals surface area contributed by atoms with Crippen LogP contribution in [0.4, 0.5) is 0 Å². The van der Waals surface area contributed by atoms with Gasteiger partial charge in [-0.3, -0.25) is 4.79 Å². The average Bonchev–Trinajstić information content (AvgIpc) is 2.26. The number of thioether (sulfide) groups is 1. The molecule has 1 unspecified atom stereocenters. The highest BCUT2D eigenvalue weighted by Gasteiger charge is 2.11. The Kier molecular flexibility index (Phi) is 5.61. The van der Waals surface area contributed by atoms with Gasteiger partial charge in [-0.2, -0.15) is 11.8 Å². The fourth-order valence-electron chi connectivity index (χ4n) is 1.53. The van der Waals surface area contributed by atoms with Crippen molar-refractivity contribution in [2.75, 3.05) is 5.75 Å². The van der Waals surface area contributed by atoms with Crippen molar-refractivity contribution in [2.24, 2.45) is 5.92 Å². The third-order valence-electron chi connectivity index (χ3n) is 2.78. The van der Waals surface area contributed by atoms with Gasteiger partial charge in [0.2, 0.25) is 0 Å². The van der Waals surface area contributed by atoms with Crippen molar-refractivity contribution in [3.63, 3.8) is 0 Å². The molecule has 16 heavy (non-hydrogen) atoms. The lowest BCUT2D eigenvalue weighted by Gasteiger charge is -2.10. The van der Waals surface area contributed by atoms with Gasteiger partial charge >= 0.3 is 0 Å². The second-order valence-corrected chi connectivity index (χ2v) is 5.25. The van der Waals surface area contributed by atoms with Crippen molar-refractivity contribution in [1.82, 2.24) is 0 Å². The number of hydrogen-bond donors (Lipinski definition) is 0. The predicted octanol–water partition coefficient (Wildman–Crippen LogP) is 3.84. The molecular formula is C14H20OS. The Hall–Kier alpha value is -0.760. The normalized spacial score (nSPS) is 12.4. The largest absolute Gasteiger partial charge is 0.300 e. The van der Waals surface area contributed by atoms with Crippen molar-refractivity contribution < 1.29 is 4.79 Å². The summed E-state index contributed by atoms with van der Waals surface area (Å²) in [6, 6.07) is 8.60. The first-order valence-corrected chi connectivity index (χ1v) is 6.92. The van der Waals surface area contributed by atoms with Crippen LogP contribution in [0.15, 0.2) is 24.3 Å². The van der Waals surface area contributed by atoms with Crippen molar-refractivity contribution in [3.8, 4) is 0 Å². The number of hydrogen-bond acceptors (Lipinski definition) is 2. The molecule has 0 bridgehead atoms. The van der Waals surface area contributed by atoms with Crippen LogP contribution in [-0.4, -0.2) is 11.5 Å². The summed E-state index contributed by atoms with van der Waals surface area (Å²) in [5.41, 5.74) is 2.64. The van der Waals surface area contributed by atoms with E-state index in [0.717, 1.165) is 17.9 Å². The zero-order chi connectivity index (χ0) is 12.0. The molecule has 1 rings (SSSR count). The van der Waals surface area contributed by atoms with Crippen LogP contribution in [0.25, 0.3) is 0 Å². The minimum atomic E-state index is 0.232. The predicted molar refractivity (Wildman–Crippen MR) is 71.8 cm³/mol. The van der Waals surface area contributed by atoms with Crippen LogP contribution >= 0.6 is 11.8 Å². The Morgan fingerprint density at radius 2 is 1.94 bits per heavy atom. The van der Waals surface area contributed by atoms with Gasteiger partial charge in [0.15, 0.2) is 0 Å². The number of carbonyl (C=O) groups excluding carboxylic acids is 1. The van der Waals surface area contributed by atoms with E-state index in [1.165, 1.54) is 11.1 Å². The zero-order valence-electron chi connectivity index (χ0n) is 10.3. The first-order chi connectivity index (χ1) is 7.63. The number of benzene rings is 1. The molecule has 1 nitrogen and oxygen atoms in total. The molecule has 0 spiro atoms. The first kappa shape index (κ1) is 13.3. The molecule has 1 aromatic rings. The van der Waals surface area contributed by atoms with Crippen LogP contribution < -0.4 is 0 Å². The van der Waals surface area contributed by atoms with E-state index in [4.69, 9.17) is 0 Å². The molecule has 0 saturated carbocycles. The summed E-state index contributed by atoms with van der Waals surface area (Å²) in [6.45, 7) is 5.87.